The van der Waals surface area contributed by atoms with Crippen molar-refractivity contribution in [3.63, 3.8) is 0 Å². The fourth-order valence-corrected chi connectivity index (χ4v) is 4.09. The first-order valence-electron chi connectivity index (χ1n) is 8.80. The number of hydrogen-bond acceptors (Lipinski definition) is 7. The summed E-state index contributed by atoms with van der Waals surface area (Å²) in [5.41, 5.74) is 0.913. The molecule has 2 aromatic carbocycles. The topological polar surface area (TPSA) is 73.3 Å². The molecular formula is C20H21N3O3S2. The summed E-state index contributed by atoms with van der Waals surface area (Å²) < 4.78 is 11.6. The zero-order valence-corrected chi connectivity index (χ0v) is 17.1. The highest BCUT2D eigenvalue weighted by molar-refractivity contribution is 8.01. The van der Waals surface area contributed by atoms with Crippen LogP contribution >= 0.6 is 23.1 Å². The quantitative estimate of drug-likeness (QED) is 0.303. The van der Waals surface area contributed by atoms with Gasteiger partial charge in [0, 0.05) is 5.75 Å². The molecule has 0 aliphatic carbocycles. The van der Waals surface area contributed by atoms with Crippen LogP contribution in [0.3, 0.4) is 0 Å². The number of aromatic nitrogens is 2. The van der Waals surface area contributed by atoms with Gasteiger partial charge >= 0.3 is 0 Å². The number of ether oxygens (including phenoxy) is 2. The lowest BCUT2D eigenvalue weighted by atomic mass is 10.1. The summed E-state index contributed by atoms with van der Waals surface area (Å²) in [4.78, 5) is 12.2. The smallest absolute Gasteiger partial charge is 0.230 e. The van der Waals surface area contributed by atoms with Gasteiger partial charge in [0.1, 0.15) is 11.5 Å². The molecule has 0 unspecified atom stereocenters. The van der Waals surface area contributed by atoms with Crippen molar-refractivity contribution in [2.75, 3.05) is 24.8 Å². The summed E-state index contributed by atoms with van der Waals surface area (Å²) in [6.45, 7) is 0.654. The van der Waals surface area contributed by atoms with E-state index in [1.165, 1.54) is 11.3 Å². The third kappa shape index (κ3) is 6.54. The van der Waals surface area contributed by atoms with Crippen molar-refractivity contribution in [3.8, 4) is 11.5 Å². The number of methoxy groups -OCH3 is 1. The van der Waals surface area contributed by atoms with Crippen LogP contribution in [0.5, 0.6) is 11.5 Å². The van der Waals surface area contributed by atoms with Crippen molar-refractivity contribution in [2.45, 2.75) is 17.2 Å². The predicted molar refractivity (Wildman–Crippen MR) is 113 cm³/mol. The number of nitrogens with zero attached hydrogens (tertiary/aromatic N) is 2. The summed E-state index contributed by atoms with van der Waals surface area (Å²) in [6, 6.07) is 17.2. The summed E-state index contributed by atoms with van der Waals surface area (Å²) in [5.74, 6) is 2.41. The Morgan fingerprint density at radius 1 is 1.07 bits per heavy atom. The highest BCUT2D eigenvalue weighted by Gasteiger charge is 2.09. The van der Waals surface area contributed by atoms with Gasteiger partial charge in [-0.15, -0.1) is 10.2 Å². The van der Waals surface area contributed by atoms with Crippen molar-refractivity contribution in [2.24, 2.45) is 0 Å². The van der Waals surface area contributed by atoms with E-state index in [4.69, 9.17) is 9.47 Å². The average molecular weight is 416 g/mol. The molecule has 0 radical (unpaired) electrons. The molecule has 0 aliphatic heterocycles. The number of carbonyl (C=O) groups is 1. The number of amides is 1. The molecule has 0 bridgehead atoms. The lowest BCUT2D eigenvalue weighted by Crippen LogP contribution is -2.14. The Morgan fingerprint density at radius 3 is 2.61 bits per heavy atom. The lowest BCUT2D eigenvalue weighted by molar-refractivity contribution is -0.115. The molecule has 0 spiro atoms. The Balaban J connectivity index is 1.36. The average Bonchev–Trinajstić information content (AvgIpc) is 3.16. The fourth-order valence-electron chi connectivity index (χ4n) is 2.34. The van der Waals surface area contributed by atoms with E-state index in [1.54, 1.807) is 18.9 Å². The molecule has 0 saturated carbocycles. The maximum absolute atomic E-state index is 12.2. The summed E-state index contributed by atoms with van der Waals surface area (Å²) in [5, 5.41) is 11.5. The molecule has 1 heterocycles. The van der Waals surface area contributed by atoms with E-state index in [-0.39, 0.29) is 12.3 Å². The van der Waals surface area contributed by atoms with Crippen LogP contribution in [0.25, 0.3) is 0 Å². The van der Waals surface area contributed by atoms with E-state index in [1.807, 2.05) is 54.6 Å². The van der Waals surface area contributed by atoms with E-state index in [2.05, 4.69) is 15.5 Å². The molecule has 0 fully saturated rings. The van der Waals surface area contributed by atoms with Gasteiger partial charge in [-0.05, 0) is 36.2 Å². The minimum absolute atomic E-state index is 0.117. The lowest BCUT2D eigenvalue weighted by Gasteiger charge is -2.04. The number of benzene rings is 2. The van der Waals surface area contributed by atoms with Gasteiger partial charge in [-0.25, -0.2) is 0 Å². The van der Waals surface area contributed by atoms with Crippen molar-refractivity contribution < 1.29 is 14.3 Å². The first kappa shape index (κ1) is 20.2. The van der Waals surface area contributed by atoms with Gasteiger partial charge in [0.25, 0.3) is 0 Å². The summed E-state index contributed by atoms with van der Waals surface area (Å²) >= 11 is 2.99. The SMILES string of the molecule is COc1ccc(CC(=O)Nc2nnc(SCCCOc3ccccc3)s2)cc1. The molecule has 3 aromatic rings. The molecule has 6 nitrogen and oxygen atoms in total. The van der Waals surface area contributed by atoms with Crippen LogP contribution < -0.4 is 14.8 Å². The van der Waals surface area contributed by atoms with E-state index < -0.39 is 0 Å². The number of nitrogens with one attached hydrogen (secondary N) is 1. The first-order valence-corrected chi connectivity index (χ1v) is 10.6. The van der Waals surface area contributed by atoms with Crippen molar-refractivity contribution in [1.82, 2.24) is 10.2 Å². The minimum Gasteiger partial charge on any atom is -0.497 e. The van der Waals surface area contributed by atoms with Gasteiger partial charge in [-0.3, -0.25) is 4.79 Å². The van der Waals surface area contributed by atoms with Crippen molar-refractivity contribution >= 4 is 34.1 Å². The highest BCUT2D eigenvalue weighted by atomic mass is 32.2. The molecule has 1 N–H and O–H groups in total. The van der Waals surface area contributed by atoms with E-state index in [0.29, 0.717) is 11.7 Å². The second kappa shape index (κ2) is 10.7. The summed E-state index contributed by atoms with van der Waals surface area (Å²) in [6.07, 6.45) is 1.18. The fraction of sp³-hybridized carbons (Fsp3) is 0.250. The Labute approximate surface area is 172 Å². The molecule has 0 aliphatic rings. The molecule has 146 valence electrons. The second-order valence-electron chi connectivity index (χ2n) is 5.81. The van der Waals surface area contributed by atoms with Crippen LogP contribution in [-0.2, 0) is 11.2 Å². The number of hydrogen-bond donors (Lipinski definition) is 1. The zero-order valence-electron chi connectivity index (χ0n) is 15.5. The highest BCUT2D eigenvalue weighted by Crippen LogP contribution is 2.26. The van der Waals surface area contributed by atoms with Gasteiger partial charge in [0.05, 0.1) is 20.1 Å². The van der Waals surface area contributed by atoms with Crippen molar-refractivity contribution in [1.29, 1.82) is 0 Å². The van der Waals surface area contributed by atoms with Crippen molar-refractivity contribution in [3.05, 3.63) is 60.2 Å². The molecule has 0 atom stereocenters. The largest absolute Gasteiger partial charge is 0.497 e. The van der Waals surface area contributed by atoms with Crippen LogP contribution in [0.2, 0.25) is 0 Å². The van der Waals surface area contributed by atoms with Crippen LogP contribution in [0.4, 0.5) is 5.13 Å². The van der Waals surface area contributed by atoms with Crippen LogP contribution in [0, 0.1) is 0 Å². The van der Waals surface area contributed by atoms with Gasteiger partial charge in [0.15, 0.2) is 4.34 Å². The third-order valence-electron chi connectivity index (χ3n) is 3.70. The maximum atomic E-state index is 12.2. The maximum Gasteiger partial charge on any atom is 0.230 e. The van der Waals surface area contributed by atoms with Crippen LogP contribution in [0.15, 0.2) is 58.9 Å². The van der Waals surface area contributed by atoms with Gasteiger partial charge in [-0.1, -0.05) is 53.4 Å². The summed E-state index contributed by atoms with van der Waals surface area (Å²) in [7, 11) is 1.61. The molecule has 1 amide bonds. The number of rotatable bonds is 10. The standard InChI is InChI=1S/C20H21N3O3S2/c1-25-16-10-8-15(9-11-16)14-18(24)21-19-22-23-20(28-19)27-13-5-12-26-17-6-3-2-4-7-17/h2-4,6-11H,5,12-14H2,1H3,(H,21,22,24). The normalized spacial score (nSPS) is 10.5. The number of thioether (sulfide) groups is 1. The predicted octanol–water partition coefficient (Wildman–Crippen LogP) is 4.29. The van der Waals surface area contributed by atoms with E-state index >= 15 is 0 Å². The molecule has 3 rings (SSSR count). The molecule has 8 heteroatoms. The molecule has 0 saturated heterocycles. The Morgan fingerprint density at radius 2 is 1.86 bits per heavy atom. The molecular weight excluding hydrogens is 394 g/mol. The van der Waals surface area contributed by atoms with Gasteiger partial charge < -0.3 is 14.8 Å². The molecule has 28 heavy (non-hydrogen) atoms. The van der Waals surface area contributed by atoms with E-state index in [9.17, 15) is 4.79 Å². The second-order valence-corrected chi connectivity index (χ2v) is 8.13. The number of carbonyl (C=O) groups excluding carboxylic acids is 1. The van der Waals surface area contributed by atoms with Gasteiger partial charge in [-0.2, -0.15) is 0 Å². The zero-order chi connectivity index (χ0) is 19.6. The monoisotopic (exact) mass is 415 g/mol. The third-order valence-corrected chi connectivity index (χ3v) is 5.76. The van der Waals surface area contributed by atoms with Gasteiger partial charge in [0.2, 0.25) is 11.0 Å². The van der Waals surface area contributed by atoms with Crippen LogP contribution in [-0.4, -0.2) is 35.6 Å². The number of anilines is 1. The van der Waals surface area contributed by atoms with E-state index in [0.717, 1.165) is 33.6 Å². The Kier molecular flexibility index (Phi) is 7.69. The number of para-hydroxylation sites is 1. The Hall–Kier alpha value is -2.58. The molecule has 1 aromatic heterocycles. The Bertz CT molecular complexity index is 870. The first-order chi connectivity index (χ1) is 13.7. The minimum atomic E-state index is -0.117. The van der Waals surface area contributed by atoms with Crippen LogP contribution in [0.1, 0.15) is 12.0 Å².